The van der Waals surface area contributed by atoms with E-state index in [0.717, 1.165) is 19.0 Å². The molecule has 3 amide bonds. The van der Waals surface area contributed by atoms with Gasteiger partial charge in [-0.25, -0.2) is 4.79 Å². The van der Waals surface area contributed by atoms with Gasteiger partial charge in [0.25, 0.3) is 0 Å². The summed E-state index contributed by atoms with van der Waals surface area (Å²) in [6, 6.07) is -0.310. The minimum atomic E-state index is -0.310. The fourth-order valence-corrected chi connectivity index (χ4v) is 3.97. The molecule has 1 saturated heterocycles. The van der Waals surface area contributed by atoms with E-state index in [1.807, 2.05) is 6.92 Å². The number of aliphatic imine (C=N–C) groups is 1. The average Bonchev–Trinajstić information content (AvgIpc) is 3.13. The van der Waals surface area contributed by atoms with Gasteiger partial charge in [-0.1, -0.05) is 26.7 Å². The van der Waals surface area contributed by atoms with E-state index in [4.69, 9.17) is 4.99 Å². The molecule has 1 saturated carbocycles. The Morgan fingerprint density at radius 2 is 1.96 bits per heavy atom. The molecule has 0 unspecified atom stereocenters. The van der Waals surface area contributed by atoms with Crippen LogP contribution in [0.25, 0.3) is 0 Å². The van der Waals surface area contributed by atoms with Gasteiger partial charge in [-0.2, -0.15) is 0 Å². The van der Waals surface area contributed by atoms with Crippen molar-refractivity contribution in [3.63, 3.8) is 0 Å². The summed E-state index contributed by atoms with van der Waals surface area (Å²) in [5, 5.41) is 9.04. The number of nitrogens with one attached hydrogen (secondary N) is 3. The first-order valence-corrected chi connectivity index (χ1v) is 9.56. The van der Waals surface area contributed by atoms with Crippen LogP contribution in [0.4, 0.5) is 4.79 Å². The van der Waals surface area contributed by atoms with Crippen molar-refractivity contribution >= 4 is 41.9 Å². The highest BCUT2D eigenvalue weighted by Gasteiger charge is 2.34. The molecule has 2 fully saturated rings. The molecule has 0 radical (unpaired) electrons. The van der Waals surface area contributed by atoms with E-state index in [-0.39, 0.29) is 42.5 Å². The number of amides is 3. The third kappa shape index (κ3) is 6.59. The van der Waals surface area contributed by atoms with Gasteiger partial charge in [0.15, 0.2) is 5.96 Å². The Kier molecular flexibility index (Phi) is 9.67. The lowest BCUT2D eigenvalue weighted by Gasteiger charge is -2.29. The molecule has 0 aromatic rings. The van der Waals surface area contributed by atoms with Crippen molar-refractivity contribution in [2.75, 3.05) is 32.7 Å². The average molecular weight is 479 g/mol. The number of guanidine groups is 1. The summed E-state index contributed by atoms with van der Waals surface area (Å²) in [7, 11) is 0. The molecule has 150 valence electrons. The zero-order chi connectivity index (χ0) is 18.3. The molecule has 3 N–H and O–H groups in total. The molecule has 2 rings (SSSR count). The number of urea groups is 1. The lowest BCUT2D eigenvalue weighted by molar-refractivity contribution is -0.124. The van der Waals surface area contributed by atoms with Crippen LogP contribution in [0.15, 0.2) is 4.99 Å². The molecule has 0 aromatic carbocycles. The highest BCUT2D eigenvalue weighted by Crippen LogP contribution is 2.43. The molecule has 8 heteroatoms. The highest BCUT2D eigenvalue weighted by atomic mass is 127. The predicted molar refractivity (Wildman–Crippen MR) is 115 cm³/mol. The molecule has 1 aliphatic heterocycles. The van der Waals surface area contributed by atoms with Crippen molar-refractivity contribution in [1.82, 2.24) is 20.9 Å². The van der Waals surface area contributed by atoms with E-state index in [9.17, 15) is 9.59 Å². The molecular formula is C18H34IN5O2. The number of carbonyl (C=O) groups excluding carboxylic acids is 2. The number of halogens is 1. The number of imide groups is 1. The second kappa shape index (κ2) is 10.9. The summed E-state index contributed by atoms with van der Waals surface area (Å²) in [4.78, 5) is 29.2. The minimum absolute atomic E-state index is 0. The lowest BCUT2D eigenvalue weighted by atomic mass is 9.78. The van der Waals surface area contributed by atoms with E-state index in [2.05, 4.69) is 29.8 Å². The molecule has 2 aliphatic rings. The number of hydrogen-bond acceptors (Lipinski definition) is 3. The third-order valence-corrected chi connectivity index (χ3v) is 4.99. The van der Waals surface area contributed by atoms with Crippen LogP contribution in [0.2, 0.25) is 0 Å². The van der Waals surface area contributed by atoms with Crippen LogP contribution in [0, 0.1) is 11.3 Å². The fourth-order valence-electron chi connectivity index (χ4n) is 3.97. The van der Waals surface area contributed by atoms with Gasteiger partial charge in [0, 0.05) is 26.2 Å². The fraction of sp³-hybridized carbons (Fsp3) is 0.833. The Bertz CT molecular complexity index is 488. The van der Waals surface area contributed by atoms with E-state index in [1.165, 1.54) is 37.0 Å². The zero-order valence-corrected chi connectivity index (χ0v) is 18.6. The maximum Gasteiger partial charge on any atom is 0.324 e. The summed E-state index contributed by atoms with van der Waals surface area (Å²) >= 11 is 0. The number of nitrogens with zero attached hydrogens (tertiary/aromatic N) is 2. The Hall–Kier alpha value is -1.06. The normalized spacial score (nSPS) is 19.5. The molecule has 0 atom stereocenters. The Morgan fingerprint density at radius 1 is 1.27 bits per heavy atom. The van der Waals surface area contributed by atoms with Gasteiger partial charge < -0.3 is 16.0 Å². The minimum Gasteiger partial charge on any atom is -0.357 e. The van der Waals surface area contributed by atoms with Crippen LogP contribution in [0.5, 0.6) is 0 Å². The second-order valence-corrected chi connectivity index (χ2v) is 7.63. The Morgan fingerprint density at radius 3 is 2.50 bits per heavy atom. The first-order valence-electron chi connectivity index (χ1n) is 9.56. The van der Waals surface area contributed by atoms with Crippen LogP contribution < -0.4 is 16.0 Å². The molecule has 7 nitrogen and oxygen atoms in total. The first-order chi connectivity index (χ1) is 12.0. The molecule has 0 aromatic heterocycles. The molecule has 1 aliphatic carbocycles. The number of rotatable bonds is 8. The van der Waals surface area contributed by atoms with E-state index < -0.39 is 0 Å². The van der Waals surface area contributed by atoms with E-state index in [1.54, 1.807) is 0 Å². The molecule has 1 heterocycles. The largest absolute Gasteiger partial charge is 0.357 e. The van der Waals surface area contributed by atoms with Crippen molar-refractivity contribution in [2.45, 2.75) is 52.9 Å². The topological polar surface area (TPSA) is 85.8 Å². The first kappa shape index (κ1) is 23.0. The summed E-state index contributed by atoms with van der Waals surface area (Å²) in [6.45, 7) is 9.18. The zero-order valence-electron chi connectivity index (χ0n) is 16.3. The SMILES string of the molecule is CCNC(=NCC1(CC(C)C)CCCC1)NCCN1C(=O)CNC1=O.I. The molecule has 0 bridgehead atoms. The maximum absolute atomic E-state index is 11.6. The summed E-state index contributed by atoms with van der Waals surface area (Å²) in [5.74, 6) is 1.28. The standard InChI is InChI=1S/C18H33N5O2.HI/c1-4-19-16(20-9-10-23-15(24)12-21-17(23)25)22-13-18(11-14(2)3)7-5-6-8-18;/h14H,4-13H2,1-3H3,(H,21,25)(H2,19,20,22);1H. The van der Waals surface area contributed by atoms with E-state index >= 15 is 0 Å². The van der Waals surface area contributed by atoms with Crippen LogP contribution >= 0.6 is 24.0 Å². The van der Waals surface area contributed by atoms with Crippen LogP contribution in [-0.2, 0) is 4.79 Å². The van der Waals surface area contributed by atoms with Crippen LogP contribution in [0.3, 0.4) is 0 Å². The summed E-state index contributed by atoms with van der Waals surface area (Å²) in [5.41, 5.74) is 0.335. The van der Waals surface area contributed by atoms with Crippen molar-refractivity contribution in [3.05, 3.63) is 0 Å². The second-order valence-electron chi connectivity index (χ2n) is 7.63. The quantitative estimate of drug-likeness (QED) is 0.216. The van der Waals surface area contributed by atoms with Crippen LogP contribution in [0.1, 0.15) is 52.9 Å². The summed E-state index contributed by atoms with van der Waals surface area (Å²) < 4.78 is 0. The lowest BCUT2D eigenvalue weighted by Crippen LogP contribution is -2.43. The van der Waals surface area contributed by atoms with Gasteiger partial charge in [-0.3, -0.25) is 14.7 Å². The monoisotopic (exact) mass is 479 g/mol. The van der Waals surface area contributed by atoms with Gasteiger partial charge >= 0.3 is 6.03 Å². The molecule has 26 heavy (non-hydrogen) atoms. The van der Waals surface area contributed by atoms with Gasteiger partial charge in [-0.15, -0.1) is 24.0 Å². The van der Waals surface area contributed by atoms with Gasteiger partial charge in [-0.05, 0) is 37.5 Å². The Labute approximate surface area is 174 Å². The smallest absolute Gasteiger partial charge is 0.324 e. The third-order valence-electron chi connectivity index (χ3n) is 4.99. The highest BCUT2D eigenvalue weighted by molar-refractivity contribution is 14.0. The molecule has 0 spiro atoms. The van der Waals surface area contributed by atoms with Gasteiger partial charge in [0.2, 0.25) is 5.91 Å². The maximum atomic E-state index is 11.6. The van der Waals surface area contributed by atoms with Crippen molar-refractivity contribution in [2.24, 2.45) is 16.3 Å². The van der Waals surface area contributed by atoms with Crippen molar-refractivity contribution in [3.8, 4) is 0 Å². The van der Waals surface area contributed by atoms with Crippen LogP contribution in [-0.4, -0.2) is 55.5 Å². The number of carbonyl (C=O) groups is 2. The van der Waals surface area contributed by atoms with Crippen molar-refractivity contribution in [1.29, 1.82) is 0 Å². The number of hydrogen-bond donors (Lipinski definition) is 3. The Balaban J connectivity index is 0.00000338. The van der Waals surface area contributed by atoms with Gasteiger partial charge in [0.1, 0.15) is 0 Å². The van der Waals surface area contributed by atoms with Crippen molar-refractivity contribution < 1.29 is 9.59 Å². The summed E-state index contributed by atoms with van der Waals surface area (Å²) in [6.07, 6.45) is 6.35. The van der Waals surface area contributed by atoms with E-state index in [0.29, 0.717) is 24.4 Å². The van der Waals surface area contributed by atoms with Gasteiger partial charge in [0.05, 0.1) is 6.54 Å². The predicted octanol–water partition coefficient (Wildman–Crippen LogP) is 2.32. The molecular weight excluding hydrogens is 445 g/mol.